The molecule has 1 saturated carbocycles. The molecule has 3 rings (SSSR count). The first-order valence-corrected chi connectivity index (χ1v) is 8.93. The molecule has 0 bridgehead atoms. The van der Waals surface area contributed by atoms with Crippen LogP contribution in [0.4, 0.5) is 0 Å². The Balaban J connectivity index is 1.89. The summed E-state index contributed by atoms with van der Waals surface area (Å²) in [6, 6.07) is 9.84. The van der Waals surface area contributed by atoms with Crippen LogP contribution in [-0.4, -0.2) is 37.2 Å². The number of ether oxygens (including phenoxy) is 1. The van der Waals surface area contributed by atoms with Gasteiger partial charge < -0.3 is 4.74 Å². The summed E-state index contributed by atoms with van der Waals surface area (Å²) >= 11 is 0. The highest BCUT2D eigenvalue weighted by atomic mass is 32.2. The Morgan fingerprint density at radius 2 is 1.90 bits per heavy atom. The molecule has 1 aromatic carbocycles. The van der Waals surface area contributed by atoms with Crippen molar-refractivity contribution in [2.45, 2.75) is 44.4 Å². The van der Waals surface area contributed by atoms with Gasteiger partial charge in [0.25, 0.3) is 0 Å². The predicted octanol–water partition coefficient (Wildman–Crippen LogP) is 2.16. The maximum atomic E-state index is 12.5. The third-order valence-corrected chi connectivity index (χ3v) is 6.05. The maximum Gasteiger partial charge on any atom is 0.217 e. The molecule has 0 N–H and O–H groups in total. The summed E-state index contributed by atoms with van der Waals surface area (Å²) in [5.74, 6) is 0.104. The Hall–Kier alpha value is -0.910. The van der Waals surface area contributed by atoms with Crippen molar-refractivity contribution in [2.24, 2.45) is 0 Å². The largest absolute Gasteiger partial charge is 0.375 e. The van der Waals surface area contributed by atoms with E-state index in [1.807, 2.05) is 30.3 Å². The summed E-state index contributed by atoms with van der Waals surface area (Å²) in [4.78, 5) is 0. The zero-order valence-corrected chi connectivity index (χ0v) is 12.4. The van der Waals surface area contributed by atoms with Crippen LogP contribution < -0.4 is 0 Å². The van der Waals surface area contributed by atoms with Gasteiger partial charge in [-0.25, -0.2) is 8.42 Å². The van der Waals surface area contributed by atoms with Crippen molar-refractivity contribution in [3.05, 3.63) is 35.9 Å². The summed E-state index contributed by atoms with van der Waals surface area (Å²) in [6.07, 6.45) is 4.19. The van der Waals surface area contributed by atoms with Crippen molar-refractivity contribution in [3.63, 3.8) is 0 Å². The Kier molecular flexibility index (Phi) is 4.10. The number of nitrogens with zero attached hydrogens (tertiary/aromatic N) is 1. The molecule has 4 nitrogen and oxygen atoms in total. The minimum Gasteiger partial charge on any atom is -0.375 e. The molecule has 1 aliphatic carbocycles. The highest BCUT2D eigenvalue weighted by Gasteiger charge is 2.39. The third kappa shape index (κ3) is 2.90. The molecule has 5 heteroatoms. The van der Waals surface area contributed by atoms with Crippen LogP contribution in [0.25, 0.3) is 0 Å². The van der Waals surface area contributed by atoms with E-state index < -0.39 is 10.0 Å². The number of sulfonamides is 1. The van der Waals surface area contributed by atoms with Crippen LogP contribution in [0.5, 0.6) is 0 Å². The van der Waals surface area contributed by atoms with Gasteiger partial charge in [0, 0.05) is 6.54 Å². The van der Waals surface area contributed by atoms with E-state index in [-0.39, 0.29) is 17.9 Å². The van der Waals surface area contributed by atoms with Crippen molar-refractivity contribution in [2.75, 3.05) is 12.4 Å². The monoisotopic (exact) mass is 295 g/mol. The minimum absolute atomic E-state index is 0.0106. The average molecular weight is 295 g/mol. The molecule has 110 valence electrons. The molecule has 1 aromatic rings. The Bertz CT molecular complexity index is 543. The maximum absolute atomic E-state index is 12.5. The second kappa shape index (κ2) is 5.84. The Morgan fingerprint density at radius 1 is 1.15 bits per heavy atom. The SMILES string of the molecule is O=S1(=O)CCO[C@H]2CCCC[C@@H]2N1Cc1ccccc1. The second-order valence-electron chi connectivity index (χ2n) is 5.61. The van der Waals surface area contributed by atoms with Crippen molar-refractivity contribution in [1.82, 2.24) is 4.31 Å². The zero-order valence-electron chi connectivity index (χ0n) is 11.6. The van der Waals surface area contributed by atoms with E-state index in [0.717, 1.165) is 31.2 Å². The number of hydrogen-bond donors (Lipinski definition) is 0. The number of fused-ring (bicyclic) bond motifs is 1. The van der Waals surface area contributed by atoms with Crippen LogP contribution in [-0.2, 0) is 21.3 Å². The van der Waals surface area contributed by atoms with Crippen LogP contribution in [0, 0.1) is 0 Å². The third-order valence-electron chi connectivity index (χ3n) is 4.25. The summed E-state index contributed by atoms with van der Waals surface area (Å²) < 4.78 is 32.5. The molecular weight excluding hydrogens is 274 g/mol. The van der Waals surface area contributed by atoms with Gasteiger partial charge >= 0.3 is 0 Å². The van der Waals surface area contributed by atoms with E-state index in [1.165, 1.54) is 0 Å². The van der Waals surface area contributed by atoms with Gasteiger partial charge in [0.1, 0.15) is 0 Å². The lowest BCUT2D eigenvalue weighted by molar-refractivity contribution is -0.00101. The van der Waals surface area contributed by atoms with Crippen LogP contribution >= 0.6 is 0 Å². The number of rotatable bonds is 2. The van der Waals surface area contributed by atoms with Crippen molar-refractivity contribution in [3.8, 4) is 0 Å². The fraction of sp³-hybridized carbons (Fsp3) is 0.600. The van der Waals surface area contributed by atoms with Gasteiger partial charge in [-0.3, -0.25) is 0 Å². The van der Waals surface area contributed by atoms with Gasteiger partial charge in [0.2, 0.25) is 10.0 Å². The van der Waals surface area contributed by atoms with Gasteiger partial charge in [0.15, 0.2) is 0 Å². The molecule has 0 aromatic heterocycles. The van der Waals surface area contributed by atoms with Gasteiger partial charge in [-0.2, -0.15) is 4.31 Å². The fourth-order valence-electron chi connectivity index (χ4n) is 3.21. The Labute approximate surface area is 120 Å². The topological polar surface area (TPSA) is 46.6 Å². The summed E-state index contributed by atoms with van der Waals surface area (Å²) in [7, 11) is -3.22. The molecule has 0 radical (unpaired) electrons. The molecule has 20 heavy (non-hydrogen) atoms. The van der Waals surface area contributed by atoms with E-state index in [1.54, 1.807) is 4.31 Å². The first-order valence-electron chi connectivity index (χ1n) is 7.32. The van der Waals surface area contributed by atoms with E-state index >= 15 is 0 Å². The smallest absolute Gasteiger partial charge is 0.217 e. The molecule has 0 spiro atoms. The van der Waals surface area contributed by atoms with Gasteiger partial charge in [-0.05, 0) is 18.4 Å². The van der Waals surface area contributed by atoms with Gasteiger partial charge in [0.05, 0.1) is 24.5 Å². The second-order valence-corrected chi connectivity index (χ2v) is 7.65. The summed E-state index contributed by atoms with van der Waals surface area (Å²) in [5, 5.41) is 0. The van der Waals surface area contributed by atoms with Crippen LogP contribution in [0.3, 0.4) is 0 Å². The molecule has 0 amide bonds. The van der Waals surface area contributed by atoms with E-state index in [0.29, 0.717) is 13.2 Å². The first kappa shape index (κ1) is 14.0. The van der Waals surface area contributed by atoms with Crippen molar-refractivity contribution in [1.29, 1.82) is 0 Å². The molecule has 2 fully saturated rings. The number of benzene rings is 1. The van der Waals surface area contributed by atoms with Gasteiger partial charge in [-0.1, -0.05) is 43.2 Å². The highest BCUT2D eigenvalue weighted by molar-refractivity contribution is 7.89. The molecule has 2 aliphatic rings. The lowest BCUT2D eigenvalue weighted by atomic mass is 9.92. The van der Waals surface area contributed by atoms with Crippen LogP contribution in [0.15, 0.2) is 30.3 Å². The number of hydrogen-bond acceptors (Lipinski definition) is 3. The van der Waals surface area contributed by atoms with E-state index in [4.69, 9.17) is 4.74 Å². The molecule has 1 aliphatic heterocycles. The average Bonchev–Trinajstić information content (AvgIpc) is 2.58. The van der Waals surface area contributed by atoms with Gasteiger partial charge in [-0.15, -0.1) is 0 Å². The molecular formula is C15H21NO3S. The summed E-state index contributed by atoms with van der Waals surface area (Å²) in [5.41, 5.74) is 1.04. The Morgan fingerprint density at radius 3 is 2.70 bits per heavy atom. The zero-order chi connectivity index (χ0) is 14.0. The lowest BCUT2D eigenvalue weighted by Crippen LogP contribution is -2.47. The lowest BCUT2D eigenvalue weighted by Gasteiger charge is -2.36. The summed E-state index contributed by atoms with van der Waals surface area (Å²) in [6.45, 7) is 0.794. The quantitative estimate of drug-likeness (QED) is 0.840. The molecule has 0 unspecified atom stereocenters. The van der Waals surface area contributed by atoms with E-state index in [9.17, 15) is 8.42 Å². The predicted molar refractivity (Wildman–Crippen MR) is 77.8 cm³/mol. The first-order chi connectivity index (χ1) is 9.67. The minimum atomic E-state index is -3.22. The molecule has 2 atom stereocenters. The standard InChI is InChI=1S/C15H21NO3S/c17-20(18)11-10-19-15-9-5-4-8-14(15)16(20)12-13-6-2-1-3-7-13/h1-3,6-7,14-15H,4-5,8-12H2/t14-,15-/m0/s1. The van der Waals surface area contributed by atoms with Crippen LogP contribution in [0.1, 0.15) is 31.2 Å². The van der Waals surface area contributed by atoms with Crippen LogP contribution in [0.2, 0.25) is 0 Å². The highest BCUT2D eigenvalue weighted by Crippen LogP contribution is 2.31. The fourth-order valence-corrected chi connectivity index (χ4v) is 4.75. The van der Waals surface area contributed by atoms with Crippen molar-refractivity contribution < 1.29 is 13.2 Å². The normalized spacial score (nSPS) is 30.4. The molecule has 1 heterocycles. The molecule has 1 saturated heterocycles. The van der Waals surface area contributed by atoms with E-state index in [2.05, 4.69) is 0 Å². The van der Waals surface area contributed by atoms with Crippen molar-refractivity contribution >= 4 is 10.0 Å².